The van der Waals surface area contributed by atoms with Gasteiger partial charge in [0, 0.05) is 29.6 Å². The monoisotopic (exact) mass is 684 g/mol. The summed E-state index contributed by atoms with van der Waals surface area (Å²) in [5, 5.41) is 1.17. The van der Waals surface area contributed by atoms with Gasteiger partial charge in [0.25, 0.3) is 0 Å². The molecule has 0 radical (unpaired) electrons. The zero-order valence-corrected chi connectivity index (χ0v) is 29.7. The fourth-order valence-corrected chi connectivity index (χ4v) is 9.25. The Kier molecular flexibility index (Phi) is 7.54. The first-order valence-corrected chi connectivity index (χ1v) is 18.6. The molecule has 0 saturated carbocycles. The normalized spacial score (nSPS) is 16.4. The van der Waals surface area contributed by atoms with Gasteiger partial charge in [-0.2, -0.15) is 0 Å². The zero-order valence-electron chi connectivity index (χ0n) is 29.7. The molecule has 0 saturated heterocycles. The van der Waals surface area contributed by atoms with Crippen LogP contribution >= 0.6 is 0 Å². The van der Waals surface area contributed by atoms with Crippen LogP contribution in [0, 0.1) is 0 Å². The molecular weight excluding hydrogens is 645 g/mol. The number of nitrogens with two attached hydrogens (primary N) is 1. The van der Waals surface area contributed by atoms with Crippen molar-refractivity contribution in [2.75, 3.05) is 7.05 Å². The first kappa shape index (κ1) is 31.7. The molecule has 1 spiro atoms. The van der Waals surface area contributed by atoms with Gasteiger partial charge in [-0.15, -0.1) is 0 Å². The van der Waals surface area contributed by atoms with Crippen LogP contribution in [0.3, 0.4) is 0 Å². The number of furan rings is 1. The lowest BCUT2D eigenvalue weighted by Gasteiger charge is -2.31. The molecule has 10 rings (SSSR count). The number of nitrogens with zero attached hydrogens (tertiary/aromatic N) is 1. The Labute approximate surface area is 311 Å². The second-order valence-corrected chi connectivity index (χ2v) is 14.7. The van der Waals surface area contributed by atoms with Crippen LogP contribution in [0.25, 0.3) is 44.3 Å². The molecule has 0 aliphatic heterocycles. The molecule has 8 aromatic rings. The summed E-state index contributed by atoms with van der Waals surface area (Å²) in [6, 6.07) is 63.7. The fourth-order valence-electron chi connectivity index (χ4n) is 9.25. The van der Waals surface area contributed by atoms with E-state index in [0.29, 0.717) is 0 Å². The van der Waals surface area contributed by atoms with E-state index in [1.807, 2.05) is 0 Å². The van der Waals surface area contributed by atoms with E-state index in [2.05, 4.69) is 188 Å². The predicted octanol–water partition coefficient (Wildman–Crippen LogP) is 11.7. The molecule has 3 unspecified atom stereocenters. The number of para-hydroxylation sites is 1. The van der Waals surface area contributed by atoms with Crippen molar-refractivity contribution in [1.82, 2.24) is 4.90 Å². The van der Waals surface area contributed by atoms with Crippen molar-refractivity contribution in [2.45, 2.75) is 30.5 Å². The summed E-state index contributed by atoms with van der Waals surface area (Å²) in [6.45, 7) is 0.841. The Morgan fingerprint density at radius 2 is 1.17 bits per heavy atom. The highest BCUT2D eigenvalue weighted by molar-refractivity contribution is 6.04. The minimum absolute atomic E-state index is 0.0777. The summed E-state index contributed by atoms with van der Waals surface area (Å²) in [4.78, 5) is 2.44. The highest BCUT2D eigenvalue weighted by atomic mass is 16.3. The van der Waals surface area contributed by atoms with Gasteiger partial charge < -0.3 is 10.2 Å². The van der Waals surface area contributed by atoms with Crippen molar-refractivity contribution in [2.24, 2.45) is 5.73 Å². The molecular formula is C50H40N2O. The zero-order chi connectivity index (χ0) is 35.5. The van der Waals surface area contributed by atoms with Crippen molar-refractivity contribution in [3.63, 3.8) is 0 Å². The highest BCUT2D eigenvalue weighted by Gasteiger charge is 2.55. The van der Waals surface area contributed by atoms with Crippen LogP contribution in [0.2, 0.25) is 0 Å². The van der Waals surface area contributed by atoms with E-state index < -0.39 is 5.41 Å². The predicted molar refractivity (Wildman–Crippen MR) is 217 cm³/mol. The maximum atomic E-state index is 6.95. The van der Waals surface area contributed by atoms with Crippen molar-refractivity contribution in [3.05, 3.63) is 215 Å². The largest absolute Gasteiger partial charge is 0.459 e. The van der Waals surface area contributed by atoms with E-state index in [1.54, 1.807) is 0 Å². The summed E-state index contributed by atoms with van der Waals surface area (Å²) in [6.07, 6.45) is 0.811. The third-order valence-corrected chi connectivity index (χ3v) is 11.7. The minimum Gasteiger partial charge on any atom is -0.459 e. The van der Waals surface area contributed by atoms with E-state index in [4.69, 9.17) is 10.2 Å². The molecule has 1 aromatic heterocycles. The Hall–Kier alpha value is -6.00. The number of fused-ring (bicyclic) bond motifs is 12. The first-order valence-electron chi connectivity index (χ1n) is 18.6. The van der Waals surface area contributed by atoms with Crippen molar-refractivity contribution in [1.29, 1.82) is 0 Å². The summed E-state index contributed by atoms with van der Waals surface area (Å²) in [5.74, 6) is 1.03. The van der Waals surface area contributed by atoms with E-state index in [-0.39, 0.29) is 12.1 Å². The Morgan fingerprint density at radius 1 is 0.566 bits per heavy atom. The molecule has 3 heteroatoms. The molecule has 0 amide bonds. The van der Waals surface area contributed by atoms with Crippen LogP contribution in [0.15, 0.2) is 180 Å². The molecule has 2 aliphatic carbocycles. The van der Waals surface area contributed by atoms with E-state index in [0.717, 1.165) is 29.9 Å². The second kappa shape index (κ2) is 12.6. The average Bonchev–Trinajstić information content (AvgIpc) is 3.84. The van der Waals surface area contributed by atoms with Gasteiger partial charge in [0.15, 0.2) is 0 Å². The maximum Gasteiger partial charge on any atom is 0.135 e. The molecule has 0 fully saturated rings. The van der Waals surface area contributed by atoms with E-state index in [1.165, 1.54) is 66.6 Å². The number of hydrogen-bond acceptors (Lipinski definition) is 3. The summed E-state index contributed by atoms with van der Waals surface area (Å²) < 4.78 is 6.95. The van der Waals surface area contributed by atoms with Crippen molar-refractivity contribution in [3.8, 4) is 33.4 Å². The van der Waals surface area contributed by atoms with Gasteiger partial charge in [-0.3, -0.25) is 4.90 Å². The van der Waals surface area contributed by atoms with Crippen molar-refractivity contribution < 1.29 is 4.42 Å². The Balaban J connectivity index is 1.07. The third kappa shape index (κ3) is 4.96. The summed E-state index contributed by atoms with van der Waals surface area (Å²) in [7, 11) is 2.21. The van der Waals surface area contributed by atoms with Crippen LogP contribution in [-0.4, -0.2) is 11.9 Å². The first-order chi connectivity index (χ1) is 26.1. The van der Waals surface area contributed by atoms with Gasteiger partial charge in [-0.05, 0) is 86.8 Å². The number of benzene rings is 7. The Bertz CT molecular complexity index is 2610. The fraction of sp³-hybridized carbons (Fsp3) is 0.120. The van der Waals surface area contributed by atoms with Crippen LogP contribution in [0.1, 0.15) is 57.6 Å². The number of hydrogen-bond donors (Lipinski definition) is 1. The van der Waals surface area contributed by atoms with Gasteiger partial charge in [0.2, 0.25) is 0 Å². The SMILES string of the molecule is CN(Cc1ccccc1)C(CC(N)c1ccccc1)c1ccc(-c2ccc3c(c2)C2(c4ccccc4-3)c3ccccc3-c3c2oc2ccccc32)cc1. The molecule has 256 valence electrons. The molecule has 3 nitrogen and oxygen atoms in total. The van der Waals surface area contributed by atoms with Crippen LogP contribution < -0.4 is 5.73 Å². The lowest BCUT2D eigenvalue weighted by Crippen LogP contribution is -2.28. The molecule has 0 bridgehead atoms. The topological polar surface area (TPSA) is 42.4 Å². The summed E-state index contributed by atoms with van der Waals surface area (Å²) in [5.41, 5.74) is 22.2. The summed E-state index contributed by atoms with van der Waals surface area (Å²) >= 11 is 0. The van der Waals surface area contributed by atoms with E-state index in [9.17, 15) is 0 Å². The van der Waals surface area contributed by atoms with E-state index >= 15 is 0 Å². The minimum atomic E-state index is -0.536. The quantitative estimate of drug-likeness (QED) is 0.173. The smallest absolute Gasteiger partial charge is 0.135 e. The molecule has 1 heterocycles. The van der Waals surface area contributed by atoms with Gasteiger partial charge >= 0.3 is 0 Å². The van der Waals surface area contributed by atoms with Crippen LogP contribution in [0.4, 0.5) is 0 Å². The van der Waals surface area contributed by atoms with Gasteiger partial charge in [-0.1, -0.05) is 164 Å². The molecule has 3 atom stereocenters. The average molecular weight is 685 g/mol. The Morgan fingerprint density at radius 3 is 1.94 bits per heavy atom. The van der Waals surface area contributed by atoms with Crippen molar-refractivity contribution >= 4 is 11.0 Å². The highest BCUT2D eigenvalue weighted by Crippen LogP contribution is 2.64. The van der Waals surface area contributed by atoms with Crippen LogP contribution in [0.5, 0.6) is 0 Å². The molecule has 7 aromatic carbocycles. The maximum absolute atomic E-state index is 6.95. The molecule has 2 aliphatic rings. The lowest BCUT2D eigenvalue weighted by atomic mass is 9.73. The standard InChI is InChI=1S/C50H40N2O/c1-52(32-33-14-4-2-5-15-33)46(31-45(51)35-16-6-3-7-17-35)36-26-24-34(25-27-36)37-28-29-39-38-18-8-11-21-42(38)50(44(39)30-37)43-22-12-9-19-40(43)48-41-20-10-13-23-47(41)53-49(48)50/h2-30,45-46H,31-32,51H2,1H3. The number of rotatable bonds is 8. The molecule has 53 heavy (non-hydrogen) atoms. The lowest BCUT2D eigenvalue weighted by molar-refractivity contribution is 0.214. The van der Waals surface area contributed by atoms with Gasteiger partial charge in [-0.25, -0.2) is 0 Å². The van der Waals surface area contributed by atoms with Gasteiger partial charge in [0.05, 0.1) is 0 Å². The van der Waals surface area contributed by atoms with Gasteiger partial charge in [0.1, 0.15) is 16.8 Å². The second-order valence-electron chi connectivity index (χ2n) is 14.7. The third-order valence-electron chi connectivity index (χ3n) is 11.7. The van der Waals surface area contributed by atoms with Crippen LogP contribution in [-0.2, 0) is 12.0 Å². The molecule has 2 N–H and O–H groups in total.